The maximum Gasteiger partial charge on any atom is 0.345 e. The van der Waals surface area contributed by atoms with Gasteiger partial charge in [-0.2, -0.15) is 4.98 Å². The van der Waals surface area contributed by atoms with Gasteiger partial charge in [0.25, 0.3) is 0 Å². The Morgan fingerprint density at radius 2 is 2.06 bits per heavy atom. The predicted octanol–water partition coefficient (Wildman–Crippen LogP) is 4.07. The number of ether oxygens (including phenoxy) is 3. The summed E-state index contributed by atoms with van der Waals surface area (Å²) in [6, 6.07) is 12.6. The van der Waals surface area contributed by atoms with Crippen molar-refractivity contribution in [3.8, 4) is 11.6 Å². The number of halogens is 1. The fourth-order valence-corrected chi connectivity index (χ4v) is 3.44. The molecule has 7 nitrogen and oxygen atoms in total. The van der Waals surface area contributed by atoms with Gasteiger partial charge in [-0.25, -0.2) is 14.2 Å². The molecule has 0 unspecified atom stereocenters. The Balaban J connectivity index is 1.63. The van der Waals surface area contributed by atoms with Crippen molar-refractivity contribution >= 4 is 17.6 Å². The molecule has 2 aromatic carbocycles. The quantitative estimate of drug-likeness (QED) is 0.530. The average molecular weight is 423 g/mol. The molecule has 1 aliphatic heterocycles. The zero-order valence-corrected chi connectivity index (χ0v) is 17.3. The molecule has 0 saturated carbocycles. The number of methoxy groups -OCH3 is 1. The highest BCUT2D eigenvalue weighted by Gasteiger charge is 2.25. The lowest BCUT2D eigenvalue weighted by Gasteiger charge is -2.19. The first-order valence-electron chi connectivity index (χ1n) is 9.95. The minimum absolute atomic E-state index is 0.0142. The summed E-state index contributed by atoms with van der Waals surface area (Å²) in [6.07, 6.45) is 2.28. The number of carbonyl (C=O) groups excluding carboxylic acids is 1. The van der Waals surface area contributed by atoms with Gasteiger partial charge in [-0.15, -0.1) is 0 Å². The van der Waals surface area contributed by atoms with Gasteiger partial charge >= 0.3 is 5.97 Å². The molecule has 31 heavy (non-hydrogen) atoms. The lowest BCUT2D eigenvalue weighted by molar-refractivity contribution is 0.0519. The zero-order chi connectivity index (χ0) is 21.8. The fourth-order valence-electron chi connectivity index (χ4n) is 3.44. The van der Waals surface area contributed by atoms with E-state index in [1.807, 2.05) is 23.1 Å². The van der Waals surface area contributed by atoms with Crippen molar-refractivity contribution in [3.63, 3.8) is 0 Å². The smallest absolute Gasteiger partial charge is 0.345 e. The van der Waals surface area contributed by atoms with Crippen LogP contribution in [0.1, 0.15) is 28.4 Å². The molecule has 0 amide bonds. The Hall–Kier alpha value is -3.68. The number of anilines is 2. The molecule has 0 aliphatic carbocycles. The van der Waals surface area contributed by atoms with Crippen LogP contribution in [0.5, 0.6) is 11.6 Å². The summed E-state index contributed by atoms with van der Waals surface area (Å²) in [5, 5.41) is 0. The van der Waals surface area contributed by atoms with Crippen LogP contribution in [0, 0.1) is 5.82 Å². The number of nitrogens with zero attached hydrogens (tertiary/aromatic N) is 3. The number of aromatic nitrogens is 2. The van der Waals surface area contributed by atoms with E-state index in [1.165, 1.54) is 31.0 Å². The topological polar surface area (TPSA) is 73.8 Å². The van der Waals surface area contributed by atoms with Crippen molar-refractivity contribution in [2.24, 2.45) is 0 Å². The van der Waals surface area contributed by atoms with E-state index in [-0.39, 0.29) is 30.4 Å². The van der Waals surface area contributed by atoms with E-state index in [1.54, 1.807) is 13.0 Å². The van der Waals surface area contributed by atoms with Gasteiger partial charge in [-0.05, 0) is 42.7 Å². The van der Waals surface area contributed by atoms with E-state index >= 15 is 0 Å². The van der Waals surface area contributed by atoms with Crippen molar-refractivity contribution in [2.75, 3.05) is 25.2 Å². The van der Waals surface area contributed by atoms with Crippen LogP contribution in [-0.4, -0.2) is 36.2 Å². The van der Waals surface area contributed by atoms with E-state index < -0.39 is 11.8 Å². The predicted molar refractivity (Wildman–Crippen MR) is 112 cm³/mol. The average Bonchev–Trinajstić information content (AvgIpc) is 3.22. The minimum Gasteiger partial charge on any atom is -0.494 e. The summed E-state index contributed by atoms with van der Waals surface area (Å²) in [6.45, 7) is 2.67. The van der Waals surface area contributed by atoms with Crippen LogP contribution in [0.25, 0.3) is 0 Å². The van der Waals surface area contributed by atoms with Crippen LogP contribution < -0.4 is 14.4 Å². The van der Waals surface area contributed by atoms with Crippen LogP contribution in [0.3, 0.4) is 0 Å². The highest BCUT2D eigenvalue weighted by molar-refractivity contribution is 5.91. The number of rotatable bonds is 7. The molecule has 4 rings (SSSR count). The van der Waals surface area contributed by atoms with Gasteiger partial charge in [0, 0.05) is 12.2 Å². The Morgan fingerprint density at radius 1 is 1.23 bits per heavy atom. The number of carbonyl (C=O) groups is 1. The maximum absolute atomic E-state index is 14.0. The summed E-state index contributed by atoms with van der Waals surface area (Å²) >= 11 is 0. The Labute approximate surface area is 179 Å². The number of benzene rings is 2. The van der Waals surface area contributed by atoms with Crippen LogP contribution in [-0.2, 0) is 17.8 Å². The number of esters is 1. The van der Waals surface area contributed by atoms with Gasteiger partial charge in [-0.3, -0.25) is 0 Å². The van der Waals surface area contributed by atoms with Crippen molar-refractivity contribution in [3.05, 3.63) is 71.2 Å². The molecule has 160 valence electrons. The lowest BCUT2D eigenvalue weighted by Crippen LogP contribution is -2.18. The zero-order valence-electron chi connectivity index (χ0n) is 17.3. The van der Waals surface area contributed by atoms with E-state index in [9.17, 15) is 9.18 Å². The van der Waals surface area contributed by atoms with E-state index in [2.05, 4.69) is 16.0 Å². The highest BCUT2D eigenvalue weighted by Crippen LogP contribution is 2.33. The first-order valence-corrected chi connectivity index (χ1v) is 9.95. The molecular formula is C23H22FN3O4. The second-order valence-corrected chi connectivity index (χ2v) is 6.90. The molecule has 0 saturated heterocycles. The van der Waals surface area contributed by atoms with Crippen LogP contribution >= 0.6 is 0 Å². The summed E-state index contributed by atoms with van der Waals surface area (Å²) in [4.78, 5) is 23.2. The SMILES string of the molecule is CCOC(=O)c1cnc(N2CCc3ccccc32)nc1OCc1ccc(OC)c(F)c1. The number of hydrogen-bond acceptors (Lipinski definition) is 7. The summed E-state index contributed by atoms with van der Waals surface area (Å²) in [5.41, 5.74) is 2.91. The first-order chi connectivity index (χ1) is 15.1. The molecule has 0 fully saturated rings. The fraction of sp³-hybridized carbons (Fsp3) is 0.261. The van der Waals surface area contributed by atoms with Crippen molar-refractivity contribution < 1.29 is 23.4 Å². The first kappa shape index (κ1) is 20.6. The Bertz CT molecular complexity index is 1110. The van der Waals surface area contributed by atoms with Crippen molar-refractivity contribution in [1.29, 1.82) is 0 Å². The molecule has 2 heterocycles. The van der Waals surface area contributed by atoms with Crippen LogP contribution in [0.15, 0.2) is 48.7 Å². The van der Waals surface area contributed by atoms with E-state index in [4.69, 9.17) is 14.2 Å². The van der Waals surface area contributed by atoms with E-state index in [0.29, 0.717) is 11.5 Å². The summed E-state index contributed by atoms with van der Waals surface area (Å²) in [5.74, 6) is -0.413. The molecule has 0 spiro atoms. The monoisotopic (exact) mass is 423 g/mol. The molecule has 8 heteroatoms. The molecule has 1 aliphatic rings. The summed E-state index contributed by atoms with van der Waals surface area (Å²) in [7, 11) is 1.40. The molecule has 3 aromatic rings. The van der Waals surface area contributed by atoms with Gasteiger partial charge in [-0.1, -0.05) is 24.3 Å². The lowest BCUT2D eigenvalue weighted by atomic mass is 10.2. The molecule has 1 aromatic heterocycles. The largest absolute Gasteiger partial charge is 0.494 e. The van der Waals surface area contributed by atoms with Gasteiger partial charge in [0.15, 0.2) is 11.6 Å². The molecular weight excluding hydrogens is 401 g/mol. The molecule has 0 radical (unpaired) electrons. The number of para-hydroxylation sites is 1. The van der Waals surface area contributed by atoms with E-state index in [0.717, 1.165) is 18.7 Å². The third-order valence-electron chi connectivity index (χ3n) is 4.96. The van der Waals surface area contributed by atoms with Gasteiger partial charge in [0.2, 0.25) is 11.8 Å². The standard InChI is InChI=1S/C23H22FN3O4/c1-3-30-22(28)17-13-25-23(27-11-10-16-6-4-5-7-19(16)27)26-21(17)31-14-15-8-9-20(29-2)18(24)12-15/h4-9,12-13H,3,10-11,14H2,1-2H3. The highest BCUT2D eigenvalue weighted by atomic mass is 19.1. The third-order valence-corrected chi connectivity index (χ3v) is 4.96. The summed E-state index contributed by atoms with van der Waals surface area (Å²) < 4.78 is 29.9. The normalized spacial score (nSPS) is 12.4. The van der Waals surface area contributed by atoms with Gasteiger partial charge in [0.1, 0.15) is 12.2 Å². The van der Waals surface area contributed by atoms with Gasteiger partial charge < -0.3 is 19.1 Å². The Kier molecular flexibility index (Phi) is 5.97. The molecule has 0 bridgehead atoms. The second kappa shape index (κ2) is 8.99. The Morgan fingerprint density at radius 3 is 2.84 bits per heavy atom. The van der Waals surface area contributed by atoms with Crippen LogP contribution in [0.2, 0.25) is 0 Å². The minimum atomic E-state index is -0.577. The molecule has 0 N–H and O–H groups in total. The van der Waals surface area contributed by atoms with Gasteiger partial charge in [0.05, 0.1) is 19.9 Å². The van der Waals surface area contributed by atoms with Crippen LogP contribution in [0.4, 0.5) is 16.0 Å². The molecule has 0 atom stereocenters. The van der Waals surface area contributed by atoms with Crippen molar-refractivity contribution in [2.45, 2.75) is 20.0 Å². The maximum atomic E-state index is 14.0. The number of fused-ring (bicyclic) bond motifs is 1. The third kappa shape index (κ3) is 4.28. The van der Waals surface area contributed by atoms with Crippen molar-refractivity contribution in [1.82, 2.24) is 9.97 Å². The second-order valence-electron chi connectivity index (χ2n) is 6.90. The number of hydrogen-bond donors (Lipinski definition) is 0.